The molecule has 0 spiro atoms. The van der Waals surface area contributed by atoms with Crippen molar-refractivity contribution >= 4 is 31.8 Å². The summed E-state index contributed by atoms with van der Waals surface area (Å²) in [6.45, 7) is 26.3. The summed E-state index contributed by atoms with van der Waals surface area (Å²) in [6, 6.07) is 15.5. The van der Waals surface area contributed by atoms with Crippen LogP contribution in [-0.4, -0.2) is 66.1 Å². The van der Waals surface area contributed by atoms with Crippen LogP contribution in [0.25, 0.3) is 0 Å². The van der Waals surface area contributed by atoms with Crippen LogP contribution in [0.5, 0.6) is 23.0 Å². The quantitative estimate of drug-likeness (QED) is 0.0381. The molecule has 0 aromatic heterocycles. The molecular weight excluding hydrogens is 1110 g/mol. The fourth-order valence-electron chi connectivity index (χ4n) is 8.69. The van der Waals surface area contributed by atoms with E-state index in [1.165, 1.54) is 0 Å². The van der Waals surface area contributed by atoms with Crippen molar-refractivity contribution in [1.29, 1.82) is 0 Å². The Morgan fingerprint density at radius 3 is 0.800 bits per heavy atom. The second-order valence-corrected chi connectivity index (χ2v) is 27.2. The Balaban J connectivity index is 0.00000840. The van der Waals surface area contributed by atoms with Gasteiger partial charge in [0.25, 0.3) is 0 Å². The Kier molecular flexibility index (Phi) is 23.9. The molecule has 12 nitrogen and oxygen atoms in total. The van der Waals surface area contributed by atoms with Gasteiger partial charge in [0.1, 0.15) is 36.2 Å². The van der Waals surface area contributed by atoms with E-state index in [-0.39, 0.29) is 110 Å². The van der Waals surface area contributed by atoms with E-state index in [2.05, 4.69) is 8.80 Å². The zero-order chi connectivity index (χ0) is 58.8. The molecule has 1 aliphatic rings. The molecule has 4 aromatic rings. The van der Waals surface area contributed by atoms with Crippen LogP contribution < -0.4 is 88.3 Å². The molecule has 0 N–H and O–H groups in total. The average Bonchev–Trinajstić information content (AvgIpc) is 3.27. The van der Waals surface area contributed by atoms with Crippen LogP contribution >= 0.6 is 0 Å². The van der Waals surface area contributed by atoms with E-state index in [9.17, 15) is 53.4 Å². The Morgan fingerprint density at radius 1 is 0.425 bits per heavy atom. The molecule has 0 saturated carbocycles. The first-order valence-corrected chi connectivity index (χ1v) is 28.8. The van der Waals surface area contributed by atoms with Gasteiger partial charge in [0.2, 0.25) is 0 Å². The third-order valence-electron chi connectivity index (χ3n) is 13.2. The smallest absolute Gasteiger partial charge is 0.859 e. The second kappa shape index (κ2) is 27.0. The summed E-state index contributed by atoms with van der Waals surface area (Å²) >= 11 is 0. The number of alkyl halides is 6. The van der Waals surface area contributed by atoms with E-state index in [0.29, 0.717) is 68.8 Å². The first kappa shape index (κ1) is 70.8. The van der Waals surface area contributed by atoms with Crippen molar-refractivity contribution < 1.29 is 131 Å². The standard InChI is InChI=1S/C58H76F6N2O10S2.2Na/c1-15-17-19-73-49-35-21-39-29-45(55(9,10)11)31-41(51(39)75-33-47(67)65-77(69,70)57(59,60)61)23-37-27-44(54(6,7)8)28-38(50(37)74-20-18-16-2)24-42-32-46(56(12,13)14)30-40(22-36(49)26-43(25-35)53(3,4)5)52(42)76-34-48(68)66-78(71,72)58(62,63)64;;/h25-32H,15-24,33-34H2,1-14H3,(H,65,67)(H,66,68);;/q;2*+1/p-2. The zero-order valence-electron chi connectivity index (χ0n) is 49.2. The molecule has 22 heteroatoms. The van der Waals surface area contributed by atoms with Crippen molar-refractivity contribution in [3.63, 3.8) is 0 Å². The molecular formula is C58H74F6N2Na2O10S2. The van der Waals surface area contributed by atoms with Gasteiger partial charge in [-0.15, -0.1) is 0 Å². The monoisotopic (exact) mass is 1180 g/mol. The third-order valence-corrected chi connectivity index (χ3v) is 15.2. The molecule has 1 aliphatic carbocycles. The van der Waals surface area contributed by atoms with Gasteiger partial charge in [0.05, 0.1) is 13.2 Å². The van der Waals surface area contributed by atoms with Gasteiger partial charge in [0, 0.05) is 37.5 Å². The van der Waals surface area contributed by atoms with Crippen molar-refractivity contribution in [2.24, 2.45) is 8.80 Å². The number of benzene rings is 4. The summed E-state index contributed by atoms with van der Waals surface area (Å²) in [6.07, 6.45) is 2.89. The predicted octanol–water partition coefficient (Wildman–Crippen LogP) is 5.89. The summed E-state index contributed by atoms with van der Waals surface area (Å²) in [4.78, 5) is 0. The van der Waals surface area contributed by atoms with Crippen LogP contribution in [0.2, 0.25) is 0 Å². The normalized spacial score (nSPS) is 14.2. The first-order chi connectivity index (χ1) is 35.7. The minimum absolute atomic E-state index is 0. The maximum atomic E-state index is 13.6. The summed E-state index contributed by atoms with van der Waals surface area (Å²) in [5.74, 6) is -2.29. The minimum Gasteiger partial charge on any atom is -0.859 e. The van der Waals surface area contributed by atoms with E-state index in [4.69, 9.17) is 18.9 Å². The summed E-state index contributed by atoms with van der Waals surface area (Å²) < 4.78 is 161. The van der Waals surface area contributed by atoms with Gasteiger partial charge in [-0.3, -0.25) is 0 Å². The number of rotatable bonds is 16. The Morgan fingerprint density at radius 2 is 0.625 bits per heavy atom. The van der Waals surface area contributed by atoms with Crippen molar-refractivity contribution in [2.75, 3.05) is 26.4 Å². The fraction of sp³-hybridized carbons (Fsp3) is 0.552. The van der Waals surface area contributed by atoms with E-state index in [1.54, 1.807) is 0 Å². The van der Waals surface area contributed by atoms with Gasteiger partial charge >= 0.3 is 90.2 Å². The number of hydrogen-bond donors (Lipinski definition) is 0. The van der Waals surface area contributed by atoms with Gasteiger partial charge < -0.3 is 29.2 Å². The van der Waals surface area contributed by atoms with E-state index < -0.39 is 77.7 Å². The molecule has 0 fully saturated rings. The predicted molar refractivity (Wildman–Crippen MR) is 288 cm³/mol. The Bertz CT molecular complexity index is 2830. The SMILES string of the molecule is CCCCOc1c2cc(C(C)(C)C)cc1Cc1cc(C(C)(C)C)cc(c1OC/C([O-])=N/S(=O)(=O)C(F)(F)F)Cc1cc(C(C)(C)C)cc(c1OCCCC)Cc1cc(C(C)(C)C)cc(c1OCC([O-])=NS(=O)(=O)C(F)(F)F)C2.[Na+].[Na+]. The van der Waals surface area contributed by atoms with Crippen LogP contribution in [0, 0.1) is 0 Å². The summed E-state index contributed by atoms with van der Waals surface area (Å²) in [5, 5.41) is 26.4. The molecule has 8 bridgehead atoms. The Labute approximate surface area is 513 Å². The topological polar surface area (TPSA) is 176 Å². The number of halogens is 6. The molecule has 0 saturated heterocycles. The molecule has 4 aromatic carbocycles. The zero-order valence-corrected chi connectivity index (χ0v) is 54.8. The van der Waals surface area contributed by atoms with Gasteiger partial charge in [-0.2, -0.15) is 52.0 Å². The molecule has 0 heterocycles. The molecule has 5 rings (SSSR count). The maximum absolute atomic E-state index is 13.6. The summed E-state index contributed by atoms with van der Waals surface area (Å²) in [5.41, 5.74) is -6.05. The largest absolute Gasteiger partial charge is 1.00 e. The maximum Gasteiger partial charge on any atom is 1.00 e. The van der Waals surface area contributed by atoms with E-state index in [0.717, 1.165) is 35.1 Å². The van der Waals surface area contributed by atoms with Crippen LogP contribution in [0.15, 0.2) is 57.3 Å². The third kappa shape index (κ3) is 18.3. The molecule has 0 atom stereocenters. The van der Waals surface area contributed by atoms with E-state index in [1.807, 2.05) is 145 Å². The van der Waals surface area contributed by atoms with Gasteiger partial charge in [-0.1, -0.05) is 158 Å². The molecule has 0 radical (unpaired) electrons. The number of unbranched alkanes of at least 4 members (excludes halogenated alkanes) is 2. The van der Waals surface area contributed by atoms with Crippen molar-refractivity contribution in [3.05, 3.63) is 115 Å². The van der Waals surface area contributed by atoms with Gasteiger partial charge in [0.15, 0.2) is 0 Å². The average molecular weight is 1180 g/mol. The number of fused-ring (bicyclic) bond motifs is 8. The first-order valence-electron chi connectivity index (χ1n) is 26.0. The van der Waals surface area contributed by atoms with Crippen molar-refractivity contribution in [3.8, 4) is 23.0 Å². The van der Waals surface area contributed by atoms with Crippen LogP contribution in [0.3, 0.4) is 0 Å². The number of ether oxygens (including phenoxy) is 4. The number of sulfonamides is 2. The van der Waals surface area contributed by atoms with Gasteiger partial charge in [-0.05, 0) is 101 Å². The number of hydrogen-bond acceptors (Lipinski definition) is 10. The summed E-state index contributed by atoms with van der Waals surface area (Å²) in [7, 11) is -12.4. The van der Waals surface area contributed by atoms with Gasteiger partial charge in [-0.25, -0.2) is 0 Å². The van der Waals surface area contributed by atoms with Crippen LogP contribution in [0.1, 0.15) is 189 Å². The van der Waals surface area contributed by atoms with Crippen molar-refractivity contribution in [1.82, 2.24) is 0 Å². The molecule has 432 valence electrons. The van der Waals surface area contributed by atoms with E-state index >= 15 is 0 Å². The minimum atomic E-state index is -6.22. The molecule has 0 unspecified atom stereocenters. The second-order valence-electron chi connectivity index (χ2n) is 24.0. The molecule has 80 heavy (non-hydrogen) atoms. The number of nitrogens with zero attached hydrogens (tertiary/aromatic N) is 2. The molecule has 0 aliphatic heterocycles. The van der Waals surface area contributed by atoms with Crippen LogP contribution in [0.4, 0.5) is 26.3 Å². The van der Waals surface area contributed by atoms with Crippen LogP contribution in [-0.2, 0) is 67.4 Å². The molecule has 0 amide bonds. The Hall–Kier alpha value is -3.50. The fourth-order valence-corrected chi connectivity index (χ4v) is 9.54. The van der Waals surface area contributed by atoms with Crippen molar-refractivity contribution in [2.45, 2.75) is 181 Å².